The van der Waals surface area contributed by atoms with Crippen molar-refractivity contribution < 1.29 is 0 Å². The largest absolute Gasteiger partial charge is 0.349 e. The quantitative estimate of drug-likeness (QED) is 0.884. The Labute approximate surface area is 114 Å². The highest BCUT2D eigenvalue weighted by Crippen LogP contribution is 2.25. The number of thiazole rings is 1. The average Bonchev–Trinajstić information content (AvgIpc) is 2.90. The fourth-order valence-corrected chi connectivity index (χ4v) is 3.54. The maximum Gasteiger partial charge on any atom is 0.185 e. The van der Waals surface area contributed by atoms with E-state index in [2.05, 4.69) is 35.6 Å². The highest BCUT2D eigenvalue weighted by atomic mass is 32.1. The molecule has 18 heavy (non-hydrogen) atoms. The molecule has 1 aliphatic heterocycles. The minimum absolute atomic E-state index is 0.333. The molecule has 1 fully saturated rings. The van der Waals surface area contributed by atoms with E-state index in [1.165, 1.54) is 4.88 Å². The molecular formula is C13H24N4S. The molecule has 2 heterocycles. The molecule has 1 saturated heterocycles. The molecule has 0 radical (unpaired) electrons. The minimum atomic E-state index is 0.333. The summed E-state index contributed by atoms with van der Waals surface area (Å²) >= 11 is 1.81. The number of nitrogens with two attached hydrogens (primary N) is 1. The van der Waals surface area contributed by atoms with Crippen LogP contribution in [0.4, 0.5) is 5.13 Å². The molecule has 0 bridgehead atoms. The van der Waals surface area contributed by atoms with E-state index in [4.69, 9.17) is 5.73 Å². The van der Waals surface area contributed by atoms with Crippen LogP contribution in [-0.4, -0.2) is 42.1 Å². The summed E-state index contributed by atoms with van der Waals surface area (Å²) in [4.78, 5) is 10.6. The lowest BCUT2D eigenvalue weighted by Gasteiger charge is -2.16. The first-order chi connectivity index (χ1) is 8.63. The van der Waals surface area contributed by atoms with Crippen LogP contribution in [-0.2, 0) is 6.54 Å². The van der Waals surface area contributed by atoms with E-state index in [-0.39, 0.29) is 0 Å². The van der Waals surface area contributed by atoms with Gasteiger partial charge in [-0.2, -0.15) is 0 Å². The molecule has 102 valence electrons. The van der Waals surface area contributed by atoms with Crippen molar-refractivity contribution in [2.75, 3.05) is 31.1 Å². The summed E-state index contributed by atoms with van der Waals surface area (Å²) in [7, 11) is 0. The zero-order chi connectivity index (χ0) is 13.1. The van der Waals surface area contributed by atoms with Gasteiger partial charge >= 0.3 is 0 Å². The van der Waals surface area contributed by atoms with Gasteiger partial charge in [0.15, 0.2) is 5.13 Å². The molecule has 0 amide bonds. The van der Waals surface area contributed by atoms with Crippen LogP contribution in [0.5, 0.6) is 0 Å². The third-order valence-corrected chi connectivity index (χ3v) is 4.74. The van der Waals surface area contributed by atoms with Crippen molar-refractivity contribution in [1.82, 2.24) is 9.88 Å². The van der Waals surface area contributed by atoms with Crippen molar-refractivity contribution in [3.05, 3.63) is 11.1 Å². The Morgan fingerprint density at radius 1 is 1.44 bits per heavy atom. The SMILES string of the molecule is CCN(CC)c1ncc(CN2CC(C)C(N)C2)s1. The highest BCUT2D eigenvalue weighted by molar-refractivity contribution is 7.15. The first-order valence-corrected chi connectivity index (χ1v) is 7.63. The van der Waals surface area contributed by atoms with Crippen LogP contribution in [0.1, 0.15) is 25.6 Å². The van der Waals surface area contributed by atoms with Gasteiger partial charge < -0.3 is 10.6 Å². The van der Waals surface area contributed by atoms with Gasteiger partial charge in [0, 0.05) is 49.8 Å². The molecule has 4 nitrogen and oxygen atoms in total. The van der Waals surface area contributed by atoms with E-state index in [0.29, 0.717) is 12.0 Å². The molecule has 2 atom stereocenters. The number of hydrogen-bond acceptors (Lipinski definition) is 5. The maximum atomic E-state index is 6.06. The zero-order valence-electron chi connectivity index (χ0n) is 11.6. The second kappa shape index (κ2) is 5.99. The van der Waals surface area contributed by atoms with Crippen molar-refractivity contribution in [3.8, 4) is 0 Å². The normalized spacial score (nSPS) is 24.7. The van der Waals surface area contributed by atoms with Gasteiger partial charge in [0.1, 0.15) is 0 Å². The van der Waals surface area contributed by atoms with E-state index in [1.54, 1.807) is 0 Å². The summed E-state index contributed by atoms with van der Waals surface area (Å²) in [5.74, 6) is 0.611. The second-order valence-corrected chi connectivity index (χ2v) is 6.21. The predicted octanol–water partition coefficient (Wildman–Crippen LogP) is 1.77. The van der Waals surface area contributed by atoms with Gasteiger partial charge in [-0.15, -0.1) is 11.3 Å². The number of rotatable bonds is 5. The maximum absolute atomic E-state index is 6.06. The van der Waals surface area contributed by atoms with Crippen LogP contribution in [0.25, 0.3) is 0 Å². The van der Waals surface area contributed by atoms with Crippen molar-refractivity contribution in [2.45, 2.75) is 33.4 Å². The first kappa shape index (κ1) is 13.8. The lowest BCUT2D eigenvalue weighted by Crippen LogP contribution is -2.28. The van der Waals surface area contributed by atoms with Gasteiger partial charge in [-0.3, -0.25) is 4.90 Å². The Morgan fingerprint density at radius 2 is 2.17 bits per heavy atom. The smallest absolute Gasteiger partial charge is 0.185 e. The van der Waals surface area contributed by atoms with Crippen LogP contribution in [0, 0.1) is 5.92 Å². The van der Waals surface area contributed by atoms with Crippen LogP contribution in [0.15, 0.2) is 6.20 Å². The fourth-order valence-electron chi connectivity index (χ4n) is 2.46. The Bertz CT molecular complexity index is 365. The van der Waals surface area contributed by atoms with Gasteiger partial charge in [-0.1, -0.05) is 6.92 Å². The summed E-state index contributed by atoms with van der Waals surface area (Å²) in [6.07, 6.45) is 2.02. The molecular weight excluding hydrogens is 244 g/mol. The summed E-state index contributed by atoms with van der Waals surface area (Å²) in [6, 6.07) is 0.333. The predicted molar refractivity (Wildman–Crippen MR) is 78.1 cm³/mol. The molecule has 1 aromatic heterocycles. The molecule has 1 aliphatic rings. The third-order valence-electron chi connectivity index (χ3n) is 3.70. The topological polar surface area (TPSA) is 45.4 Å². The van der Waals surface area contributed by atoms with Crippen molar-refractivity contribution in [3.63, 3.8) is 0 Å². The van der Waals surface area contributed by atoms with Gasteiger partial charge in [0.2, 0.25) is 0 Å². The van der Waals surface area contributed by atoms with Gasteiger partial charge in [-0.25, -0.2) is 4.98 Å². The van der Waals surface area contributed by atoms with Crippen molar-refractivity contribution in [2.24, 2.45) is 11.7 Å². The zero-order valence-corrected chi connectivity index (χ0v) is 12.4. The summed E-state index contributed by atoms with van der Waals surface area (Å²) in [5, 5.41) is 1.14. The molecule has 0 aromatic carbocycles. The lowest BCUT2D eigenvalue weighted by atomic mass is 10.1. The standard InChI is InChI=1S/C13H24N4S/c1-4-17(5-2)13-15-6-11(18-13)8-16-7-10(3)12(14)9-16/h6,10,12H,4-5,7-9,14H2,1-3H3. The molecule has 0 spiro atoms. The number of aromatic nitrogens is 1. The highest BCUT2D eigenvalue weighted by Gasteiger charge is 2.26. The lowest BCUT2D eigenvalue weighted by molar-refractivity contribution is 0.321. The first-order valence-electron chi connectivity index (χ1n) is 6.81. The van der Waals surface area contributed by atoms with Gasteiger partial charge in [0.25, 0.3) is 0 Å². The average molecular weight is 268 g/mol. The fraction of sp³-hybridized carbons (Fsp3) is 0.769. The van der Waals surface area contributed by atoms with Crippen molar-refractivity contribution >= 4 is 16.5 Å². The molecule has 0 aliphatic carbocycles. The van der Waals surface area contributed by atoms with E-state index < -0.39 is 0 Å². The van der Waals surface area contributed by atoms with E-state index in [9.17, 15) is 0 Å². The van der Waals surface area contributed by atoms with Crippen LogP contribution >= 0.6 is 11.3 Å². The van der Waals surface area contributed by atoms with Crippen LogP contribution in [0.3, 0.4) is 0 Å². The summed E-state index contributed by atoms with van der Waals surface area (Å²) < 4.78 is 0. The summed E-state index contributed by atoms with van der Waals surface area (Å²) in [6.45, 7) is 11.7. The van der Waals surface area contributed by atoms with Crippen LogP contribution < -0.4 is 10.6 Å². The second-order valence-electron chi connectivity index (χ2n) is 5.12. The van der Waals surface area contributed by atoms with E-state index in [0.717, 1.165) is 37.9 Å². The summed E-state index contributed by atoms with van der Waals surface area (Å²) in [5.41, 5.74) is 6.06. The molecule has 1 aromatic rings. The molecule has 5 heteroatoms. The molecule has 2 rings (SSSR count). The molecule has 2 unspecified atom stereocenters. The van der Waals surface area contributed by atoms with Crippen molar-refractivity contribution in [1.29, 1.82) is 0 Å². The molecule has 0 saturated carbocycles. The number of nitrogens with zero attached hydrogens (tertiary/aromatic N) is 3. The third kappa shape index (κ3) is 3.02. The monoisotopic (exact) mass is 268 g/mol. The number of hydrogen-bond donors (Lipinski definition) is 1. The Kier molecular flexibility index (Phi) is 4.59. The number of anilines is 1. The van der Waals surface area contributed by atoms with Crippen LogP contribution in [0.2, 0.25) is 0 Å². The number of likely N-dealkylation sites (tertiary alicyclic amines) is 1. The Balaban J connectivity index is 1.95. The van der Waals surface area contributed by atoms with E-state index >= 15 is 0 Å². The van der Waals surface area contributed by atoms with Gasteiger partial charge in [-0.05, 0) is 19.8 Å². The molecule has 2 N–H and O–H groups in total. The van der Waals surface area contributed by atoms with Gasteiger partial charge in [0.05, 0.1) is 0 Å². The Hall–Kier alpha value is -0.650. The minimum Gasteiger partial charge on any atom is -0.349 e. The Morgan fingerprint density at radius 3 is 2.72 bits per heavy atom. The van der Waals surface area contributed by atoms with E-state index in [1.807, 2.05) is 17.5 Å².